The molecule has 1 aromatic heterocycles. The number of ether oxygens (including phenoxy) is 1. The van der Waals surface area contributed by atoms with Crippen molar-refractivity contribution in [3.63, 3.8) is 0 Å². The Balaban J connectivity index is 1.34. The third kappa shape index (κ3) is 6.95. The van der Waals surface area contributed by atoms with Crippen LogP contribution in [-0.4, -0.2) is 68.0 Å². The van der Waals surface area contributed by atoms with Crippen molar-refractivity contribution in [3.05, 3.63) is 71.1 Å². The van der Waals surface area contributed by atoms with Crippen molar-refractivity contribution in [3.8, 4) is 5.75 Å². The van der Waals surface area contributed by atoms with Gasteiger partial charge in [0.2, 0.25) is 0 Å². The highest BCUT2D eigenvalue weighted by Gasteiger charge is 2.29. The van der Waals surface area contributed by atoms with E-state index < -0.39 is 12.8 Å². The minimum atomic E-state index is -4.39. The molecule has 0 radical (unpaired) electrons. The summed E-state index contributed by atoms with van der Waals surface area (Å²) < 4.78 is 48.0. The van der Waals surface area contributed by atoms with Gasteiger partial charge in [0.25, 0.3) is 5.91 Å². The SMILES string of the molecule is Cc1oncc1C(=O)N(CCCN1CCN(c2ccccc2OCC(F)(F)F)CC1)c1ccccc1Cl. The summed E-state index contributed by atoms with van der Waals surface area (Å²) in [6.45, 7) is 4.34. The number of benzene rings is 2. The summed E-state index contributed by atoms with van der Waals surface area (Å²) in [4.78, 5) is 19.2. The number of aryl methyl sites for hydroxylation is 1. The van der Waals surface area contributed by atoms with E-state index in [0.717, 1.165) is 19.6 Å². The van der Waals surface area contributed by atoms with Gasteiger partial charge in [0.05, 0.1) is 22.6 Å². The lowest BCUT2D eigenvalue weighted by Gasteiger charge is -2.37. The van der Waals surface area contributed by atoms with Crippen molar-refractivity contribution in [2.24, 2.45) is 0 Å². The molecule has 1 aliphatic heterocycles. The van der Waals surface area contributed by atoms with Gasteiger partial charge in [-0.05, 0) is 44.2 Å². The van der Waals surface area contributed by atoms with Gasteiger partial charge in [0.1, 0.15) is 17.1 Å². The number of anilines is 2. The molecule has 0 aliphatic carbocycles. The molecule has 198 valence electrons. The summed E-state index contributed by atoms with van der Waals surface area (Å²) in [7, 11) is 0. The minimum absolute atomic E-state index is 0.228. The van der Waals surface area contributed by atoms with Crippen molar-refractivity contribution in [1.29, 1.82) is 0 Å². The number of piperazine rings is 1. The number of carbonyl (C=O) groups excluding carboxylic acids is 1. The van der Waals surface area contributed by atoms with Gasteiger partial charge >= 0.3 is 6.18 Å². The maximum absolute atomic E-state index is 13.3. The van der Waals surface area contributed by atoms with Crippen LogP contribution in [0.25, 0.3) is 0 Å². The highest BCUT2D eigenvalue weighted by atomic mass is 35.5. The van der Waals surface area contributed by atoms with Gasteiger partial charge < -0.3 is 19.1 Å². The Bertz CT molecular complexity index is 1200. The van der Waals surface area contributed by atoms with E-state index in [-0.39, 0.29) is 11.7 Å². The Morgan fingerprint density at radius 2 is 1.81 bits per heavy atom. The Kier molecular flexibility index (Phi) is 8.60. The number of para-hydroxylation sites is 3. The molecule has 7 nitrogen and oxygen atoms in total. The first-order valence-electron chi connectivity index (χ1n) is 12.0. The maximum Gasteiger partial charge on any atom is 0.422 e. The highest BCUT2D eigenvalue weighted by molar-refractivity contribution is 6.34. The number of nitrogens with zero attached hydrogens (tertiary/aromatic N) is 4. The second kappa shape index (κ2) is 11.9. The molecule has 1 fully saturated rings. The van der Waals surface area contributed by atoms with E-state index in [9.17, 15) is 18.0 Å². The van der Waals surface area contributed by atoms with Crippen molar-refractivity contribution in [2.75, 3.05) is 55.7 Å². The first-order chi connectivity index (χ1) is 17.7. The van der Waals surface area contributed by atoms with Gasteiger partial charge in [-0.1, -0.05) is 41.0 Å². The molecular formula is C26H28ClF3N4O3. The quantitative estimate of drug-likeness (QED) is 0.363. The van der Waals surface area contributed by atoms with Gasteiger partial charge in [-0.15, -0.1) is 0 Å². The Hall–Kier alpha value is -3.24. The topological polar surface area (TPSA) is 62.1 Å². The van der Waals surface area contributed by atoms with Crippen LogP contribution in [0.15, 0.2) is 59.3 Å². The Morgan fingerprint density at radius 3 is 2.49 bits per heavy atom. The summed E-state index contributed by atoms with van der Waals surface area (Å²) >= 11 is 6.40. The number of alkyl halides is 3. The van der Waals surface area contributed by atoms with Crippen LogP contribution in [-0.2, 0) is 0 Å². The van der Waals surface area contributed by atoms with Crippen LogP contribution in [0.1, 0.15) is 22.5 Å². The second-order valence-electron chi connectivity index (χ2n) is 8.76. The van der Waals surface area contributed by atoms with E-state index in [4.69, 9.17) is 20.9 Å². The van der Waals surface area contributed by atoms with E-state index in [2.05, 4.69) is 10.1 Å². The Morgan fingerprint density at radius 1 is 1.11 bits per heavy atom. The molecular weight excluding hydrogens is 509 g/mol. The zero-order valence-electron chi connectivity index (χ0n) is 20.4. The molecule has 37 heavy (non-hydrogen) atoms. The first-order valence-corrected chi connectivity index (χ1v) is 12.3. The van der Waals surface area contributed by atoms with E-state index in [1.807, 2.05) is 17.0 Å². The van der Waals surface area contributed by atoms with Crippen molar-refractivity contribution >= 4 is 28.9 Å². The fraction of sp³-hybridized carbons (Fsp3) is 0.385. The lowest BCUT2D eigenvalue weighted by atomic mass is 10.2. The molecule has 0 atom stereocenters. The zero-order chi connectivity index (χ0) is 26.4. The number of amides is 1. The van der Waals surface area contributed by atoms with Crippen LogP contribution in [0.5, 0.6) is 5.75 Å². The largest absolute Gasteiger partial charge is 0.482 e. The molecule has 0 spiro atoms. The fourth-order valence-corrected chi connectivity index (χ4v) is 4.55. The van der Waals surface area contributed by atoms with Crippen LogP contribution in [0, 0.1) is 6.92 Å². The summed E-state index contributed by atoms with van der Waals surface area (Å²) in [5, 5.41) is 4.20. The summed E-state index contributed by atoms with van der Waals surface area (Å²) in [6.07, 6.45) is -2.28. The fourth-order valence-electron chi connectivity index (χ4n) is 4.32. The molecule has 1 amide bonds. The van der Waals surface area contributed by atoms with Gasteiger partial charge in [0.15, 0.2) is 6.61 Å². The van der Waals surface area contributed by atoms with E-state index in [0.29, 0.717) is 53.8 Å². The number of carbonyl (C=O) groups is 1. The van der Waals surface area contributed by atoms with Gasteiger partial charge in [0, 0.05) is 32.7 Å². The predicted molar refractivity (Wildman–Crippen MR) is 136 cm³/mol. The minimum Gasteiger partial charge on any atom is -0.482 e. The average Bonchev–Trinajstić information content (AvgIpc) is 3.31. The molecule has 0 N–H and O–H groups in total. The number of rotatable bonds is 9. The number of halogens is 4. The standard InChI is InChI=1S/C26H28ClF3N4O3/c1-19-20(17-31-37-19)25(35)34(22-8-3-2-7-21(22)27)12-6-11-32-13-15-33(16-14-32)23-9-4-5-10-24(23)36-18-26(28,29)30/h2-5,7-10,17H,6,11-16,18H2,1H3. The third-order valence-corrected chi connectivity index (χ3v) is 6.51. The molecule has 0 saturated carbocycles. The lowest BCUT2D eigenvalue weighted by molar-refractivity contribution is -0.153. The maximum atomic E-state index is 13.3. The van der Waals surface area contributed by atoms with Gasteiger partial charge in [-0.3, -0.25) is 9.69 Å². The number of hydrogen-bond acceptors (Lipinski definition) is 6. The van der Waals surface area contributed by atoms with E-state index in [1.54, 1.807) is 48.2 Å². The average molecular weight is 537 g/mol. The van der Waals surface area contributed by atoms with Crippen LogP contribution in [0.2, 0.25) is 5.02 Å². The van der Waals surface area contributed by atoms with E-state index >= 15 is 0 Å². The molecule has 0 bridgehead atoms. The number of hydrogen-bond donors (Lipinski definition) is 0. The van der Waals surface area contributed by atoms with Crippen molar-refractivity contribution in [2.45, 2.75) is 19.5 Å². The molecule has 1 saturated heterocycles. The van der Waals surface area contributed by atoms with Crippen LogP contribution in [0.3, 0.4) is 0 Å². The monoisotopic (exact) mass is 536 g/mol. The summed E-state index contributed by atoms with van der Waals surface area (Å²) in [6, 6.07) is 14.0. The Labute approximate surface area is 218 Å². The normalized spacial score (nSPS) is 14.6. The smallest absolute Gasteiger partial charge is 0.422 e. The van der Waals surface area contributed by atoms with Gasteiger partial charge in [-0.25, -0.2) is 0 Å². The van der Waals surface area contributed by atoms with Crippen LogP contribution < -0.4 is 14.5 Å². The zero-order valence-corrected chi connectivity index (χ0v) is 21.1. The van der Waals surface area contributed by atoms with Crippen LogP contribution >= 0.6 is 11.6 Å². The molecule has 4 rings (SSSR count). The molecule has 11 heteroatoms. The molecule has 1 aliphatic rings. The molecule has 0 unspecified atom stereocenters. The predicted octanol–water partition coefficient (Wildman–Crippen LogP) is 5.44. The first kappa shape index (κ1) is 26.8. The molecule has 3 aromatic rings. The number of aromatic nitrogens is 1. The summed E-state index contributed by atoms with van der Waals surface area (Å²) in [5.41, 5.74) is 1.67. The van der Waals surface area contributed by atoms with Crippen molar-refractivity contribution in [1.82, 2.24) is 10.1 Å². The third-order valence-electron chi connectivity index (χ3n) is 6.20. The molecule has 2 heterocycles. The summed E-state index contributed by atoms with van der Waals surface area (Å²) in [5.74, 6) is 0.441. The molecule has 2 aromatic carbocycles. The van der Waals surface area contributed by atoms with Crippen LogP contribution in [0.4, 0.5) is 24.5 Å². The highest BCUT2D eigenvalue weighted by Crippen LogP contribution is 2.31. The second-order valence-corrected chi connectivity index (χ2v) is 9.16. The lowest BCUT2D eigenvalue weighted by Crippen LogP contribution is -2.47. The van der Waals surface area contributed by atoms with E-state index in [1.165, 1.54) is 6.20 Å². The van der Waals surface area contributed by atoms with Crippen molar-refractivity contribution < 1.29 is 27.2 Å². The van der Waals surface area contributed by atoms with Gasteiger partial charge in [-0.2, -0.15) is 13.2 Å².